The predicted octanol–water partition coefficient (Wildman–Crippen LogP) is 7.12. The maximum atomic E-state index is 12.9. The highest BCUT2D eigenvalue weighted by Crippen LogP contribution is 2.42. The summed E-state index contributed by atoms with van der Waals surface area (Å²) in [6.45, 7) is 4.28. The number of aromatic nitrogens is 2. The second kappa shape index (κ2) is 16.5. The number of hydrogen-bond donors (Lipinski definition) is 4. The average Bonchev–Trinajstić information content (AvgIpc) is 4.09. The number of anilines is 2. The second-order valence-electron chi connectivity index (χ2n) is 15.9. The van der Waals surface area contributed by atoms with E-state index < -0.39 is 11.8 Å². The molecular formula is C47H42Br2N6O6. The zero-order chi connectivity index (χ0) is 42.5. The molecule has 14 heteroatoms. The summed E-state index contributed by atoms with van der Waals surface area (Å²) in [6, 6.07) is 19.7. The number of methoxy groups -OCH3 is 1. The Balaban J connectivity index is 0.000000127. The van der Waals surface area contributed by atoms with E-state index in [1.54, 1.807) is 0 Å². The van der Waals surface area contributed by atoms with E-state index >= 15 is 0 Å². The molecule has 5 aliphatic heterocycles. The number of aryl methyl sites for hydroxylation is 2. The number of halogens is 2. The Bertz CT molecular complexity index is 2880. The van der Waals surface area contributed by atoms with Gasteiger partial charge in [0.15, 0.2) is 0 Å². The zero-order valence-corrected chi connectivity index (χ0v) is 36.6. The fraction of sp³-hybridized carbons (Fsp3) is 0.255. The molecular weight excluding hydrogens is 904 g/mol. The van der Waals surface area contributed by atoms with Gasteiger partial charge in [0.1, 0.15) is 0 Å². The first-order valence-electron chi connectivity index (χ1n) is 20.3. The molecule has 7 heterocycles. The molecule has 5 aliphatic rings. The number of esters is 1. The lowest BCUT2D eigenvalue weighted by Crippen LogP contribution is -2.26. The Hall–Kier alpha value is -5.99. The van der Waals surface area contributed by atoms with Gasteiger partial charge in [-0.3, -0.25) is 24.5 Å². The number of amides is 3. The van der Waals surface area contributed by atoms with Gasteiger partial charge in [-0.2, -0.15) is 0 Å². The van der Waals surface area contributed by atoms with Crippen LogP contribution in [0, 0.1) is 0 Å². The molecule has 310 valence electrons. The number of nitrogens with zero attached hydrogens (tertiary/aromatic N) is 2. The van der Waals surface area contributed by atoms with Crippen LogP contribution in [0.15, 0.2) is 82.0 Å². The number of primary amides is 1. The van der Waals surface area contributed by atoms with Crippen LogP contribution in [-0.2, 0) is 56.0 Å². The van der Waals surface area contributed by atoms with Gasteiger partial charge in [-0.25, -0.2) is 4.79 Å². The highest BCUT2D eigenvalue weighted by molar-refractivity contribution is 9.10. The van der Waals surface area contributed by atoms with Crippen LogP contribution in [0.5, 0.6) is 0 Å². The number of ketones is 1. The summed E-state index contributed by atoms with van der Waals surface area (Å²) < 4.78 is 6.42. The van der Waals surface area contributed by atoms with Crippen LogP contribution in [-0.4, -0.2) is 72.7 Å². The molecule has 6 aromatic rings. The van der Waals surface area contributed by atoms with Crippen molar-refractivity contribution in [1.29, 1.82) is 0 Å². The van der Waals surface area contributed by atoms with Crippen molar-refractivity contribution >= 4 is 106 Å². The van der Waals surface area contributed by atoms with Crippen LogP contribution in [0.1, 0.15) is 62.1 Å². The molecule has 0 fully saturated rings. The first-order chi connectivity index (χ1) is 29.5. The molecule has 2 aromatic heterocycles. The van der Waals surface area contributed by atoms with E-state index in [-0.39, 0.29) is 24.1 Å². The van der Waals surface area contributed by atoms with Crippen LogP contribution in [0.4, 0.5) is 11.4 Å². The Morgan fingerprint density at radius 1 is 0.689 bits per heavy atom. The smallest absolute Gasteiger partial charge is 0.379 e. The molecule has 4 aromatic carbocycles. The number of hydrogen-bond acceptors (Lipinski definition) is 8. The van der Waals surface area contributed by atoms with Gasteiger partial charge in [0.05, 0.1) is 24.7 Å². The lowest BCUT2D eigenvalue weighted by atomic mass is 9.90. The number of fused-ring (bicyclic) bond motifs is 2. The van der Waals surface area contributed by atoms with E-state index in [2.05, 4.69) is 73.8 Å². The number of nitrogens with two attached hydrogens (primary N) is 1. The molecule has 0 atom stereocenters. The lowest BCUT2D eigenvalue weighted by molar-refractivity contribution is -0.135. The van der Waals surface area contributed by atoms with E-state index in [0.29, 0.717) is 16.7 Å². The average molecular weight is 947 g/mol. The number of imide groups is 1. The van der Waals surface area contributed by atoms with E-state index in [0.717, 1.165) is 112 Å². The van der Waals surface area contributed by atoms with Gasteiger partial charge < -0.3 is 30.2 Å². The summed E-state index contributed by atoms with van der Waals surface area (Å²) in [5, 5.41) is 4.48. The van der Waals surface area contributed by atoms with Crippen molar-refractivity contribution in [3.8, 4) is 0 Å². The number of rotatable bonds is 6. The fourth-order valence-electron chi connectivity index (χ4n) is 9.45. The Kier molecular flexibility index (Phi) is 10.9. The van der Waals surface area contributed by atoms with Crippen molar-refractivity contribution in [2.45, 2.75) is 44.9 Å². The van der Waals surface area contributed by atoms with Gasteiger partial charge in [-0.05, 0) is 133 Å². The molecule has 0 saturated heterocycles. The van der Waals surface area contributed by atoms with E-state index in [9.17, 15) is 24.0 Å². The van der Waals surface area contributed by atoms with Crippen molar-refractivity contribution < 1.29 is 28.7 Å². The molecule has 0 saturated carbocycles. The van der Waals surface area contributed by atoms with E-state index in [1.807, 2.05) is 60.9 Å². The van der Waals surface area contributed by atoms with Gasteiger partial charge in [0.25, 0.3) is 17.6 Å². The number of carbonyl (C=O) groups excluding carboxylic acids is 5. The van der Waals surface area contributed by atoms with Crippen LogP contribution in [0.3, 0.4) is 0 Å². The molecule has 5 N–H and O–H groups in total. The summed E-state index contributed by atoms with van der Waals surface area (Å²) >= 11 is 6.90. The molecule has 0 radical (unpaired) electrons. The minimum absolute atomic E-state index is 0.274. The van der Waals surface area contributed by atoms with E-state index in [4.69, 9.17) is 5.73 Å². The SMILES string of the molecule is COC(=O)C(=O)c1cc2c3c(c1)CCN3CCC2.NC(=O)Cc1c[nH]c2ccc(Br)cc12.O=C1NC(=O)C(c2c[nH]c3ccc(Br)cc23)=C1c1cc2c3c(c1)CCN3CCC2. The molecule has 0 bridgehead atoms. The van der Waals surface area contributed by atoms with Gasteiger partial charge in [-0.1, -0.05) is 31.9 Å². The maximum Gasteiger partial charge on any atom is 0.379 e. The molecule has 11 rings (SSSR count). The summed E-state index contributed by atoms with van der Waals surface area (Å²) in [7, 11) is 1.24. The third-order valence-corrected chi connectivity index (χ3v) is 13.1. The number of benzene rings is 4. The summed E-state index contributed by atoms with van der Waals surface area (Å²) in [6.07, 6.45) is 10.1. The van der Waals surface area contributed by atoms with Crippen molar-refractivity contribution in [2.75, 3.05) is 43.1 Å². The Morgan fingerprint density at radius 2 is 1.23 bits per heavy atom. The van der Waals surface area contributed by atoms with Gasteiger partial charge in [-0.15, -0.1) is 0 Å². The van der Waals surface area contributed by atoms with Crippen LogP contribution >= 0.6 is 31.9 Å². The first kappa shape index (κ1) is 40.4. The van der Waals surface area contributed by atoms with Gasteiger partial charge in [0, 0.05) is 91.8 Å². The molecule has 61 heavy (non-hydrogen) atoms. The second-order valence-corrected chi connectivity index (χ2v) is 17.7. The molecule has 0 unspecified atom stereocenters. The third kappa shape index (κ3) is 7.67. The molecule has 12 nitrogen and oxygen atoms in total. The molecule has 0 aliphatic carbocycles. The van der Waals surface area contributed by atoms with Crippen LogP contribution < -0.4 is 20.9 Å². The fourth-order valence-corrected chi connectivity index (χ4v) is 10.2. The van der Waals surface area contributed by atoms with Gasteiger partial charge in [0.2, 0.25) is 5.91 Å². The van der Waals surface area contributed by atoms with Crippen LogP contribution in [0.2, 0.25) is 0 Å². The zero-order valence-electron chi connectivity index (χ0n) is 33.4. The summed E-state index contributed by atoms with van der Waals surface area (Å²) in [5.41, 5.74) is 18.7. The maximum absolute atomic E-state index is 12.9. The normalized spacial score (nSPS) is 15.9. The van der Waals surface area contributed by atoms with Gasteiger partial charge >= 0.3 is 5.97 Å². The minimum atomic E-state index is -0.784. The summed E-state index contributed by atoms with van der Waals surface area (Å²) in [5.74, 6) is -2.28. The monoisotopic (exact) mass is 944 g/mol. The number of ether oxygens (including phenoxy) is 1. The Morgan fingerprint density at radius 3 is 1.85 bits per heavy atom. The van der Waals surface area contributed by atoms with Crippen molar-refractivity contribution in [1.82, 2.24) is 15.3 Å². The summed E-state index contributed by atoms with van der Waals surface area (Å²) in [4.78, 5) is 70.8. The predicted molar refractivity (Wildman–Crippen MR) is 243 cm³/mol. The largest absolute Gasteiger partial charge is 0.463 e. The molecule has 0 spiro atoms. The Labute approximate surface area is 368 Å². The topological polar surface area (TPSA) is 171 Å². The third-order valence-electron chi connectivity index (χ3n) is 12.1. The number of nitrogens with one attached hydrogen (secondary N) is 3. The van der Waals surface area contributed by atoms with Crippen LogP contribution in [0.25, 0.3) is 33.0 Å². The molecule has 3 amide bonds. The quantitative estimate of drug-likeness (QED) is 0.0593. The standard InChI is InChI=1S/C23H18BrN3O2.C14H15NO3.C10H9BrN2O/c24-15-3-4-18-16(10-15)17(11-25-18)20-19(22(28)26-23(20)29)14-8-12-2-1-6-27-7-5-13(9-14)21(12)27;1-18-14(17)13(16)11-7-9-3-2-5-15-6-4-10(8-11)12(9)15;11-7-1-2-9-8(4-7)6(5-13-9)3-10(12)14/h3-4,8-11,25H,1-2,5-7H2,(H,26,28,29);7-8H,2-6H2,1H3;1-2,4-5,13H,3H2,(H2,12,14). The lowest BCUT2D eigenvalue weighted by Gasteiger charge is -2.27. The minimum Gasteiger partial charge on any atom is -0.463 e. The van der Waals surface area contributed by atoms with Crippen molar-refractivity contribution in [3.63, 3.8) is 0 Å². The van der Waals surface area contributed by atoms with E-state index in [1.165, 1.54) is 40.7 Å². The number of carbonyl (C=O) groups is 5. The number of Topliss-reactive ketones (excluding diaryl/α,β-unsaturated/α-hetero) is 1. The number of H-pyrrole nitrogens is 2. The highest BCUT2D eigenvalue weighted by atomic mass is 79.9. The first-order valence-corrected chi connectivity index (χ1v) is 21.9. The number of aromatic amines is 2. The van der Waals surface area contributed by atoms with Crippen molar-refractivity contribution in [3.05, 3.63) is 127 Å². The highest BCUT2D eigenvalue weighted by Gasteiger charge is 2.36. The van der Waals surface area contributed by atoms with Crippen molar-refractivity contribution in [2.24, 2.45) is 5.73 Å².